The summed E-state index contributed by atoms with van der Waals surface area (Å²) in [6, 6.07) is 19.7. The fraction of sp³-hybridized carbons (Fsp3) is 0.354. The summed E-state index contributed by atoms with van der Waals surface area (Å²) < 4.78 is 102. The highest BCUT2D eigenvalue weighted by molar-refractivity contribution is 6.02. The number of fused-ring (bicyclic) bond motifs is 6. The zero-order chi connectivity index (χ0) is 61.5. The molecule has 13 rings (SSSR count). The Bertz CT molecular complexity index is 4160. The molecule has 1 aliphatic carbocycles. The highest BCUT2D eigenvalue weighted by atomic mass is 19.2. The first-order valence-corrected chi connectivity index (χ1v) is 28.8. The van der Waals surface area contributed by atoms with E-state index in [1.807, 2.05) is 51.4 Å². The number of carbonyl (C=O) groups excluding carboxylic acids is 3. The van der Waals surface area contributed by atoms with Gasteiger partial charge in [0.05, 0.1) is 77.7 Å². The Hall–Kier alpha value is -8.89. The van der Waals surface area contributed by atoms with Gasteiger partial charge in [-0.25, -0.2) is 36.9 Å². The molecule has 3 atom stereocenters. The maximum Gasteiger partial charge on any atom is 0.255 e. The predicted molar refractivity (Wildman–Crippen MR) is 318 cm³/mol. The quantitative estimate of drug-likeness (QED) is 0.0933. The predicted octanol–water partition coefficient (Wildman–Crippen LogP) is 12.2. The smallest absolute Gasteiger partial charge is 0.255 e. The van der Waals surface area contributed by atoms with E-state index in [4.69, 9.17) is 28.7 Å². The molecular weight excluding hydrogens is 1130 g/mol. The number of nitrogens with one attached hydrogen (secondary N) is 3. The summed E-state index contributed by atoms with van der Waals surface area (Å²) in [5.74, 6) is -3.66. The number of aryl methyl sites for hydroxylation is 2. The number of carbonyl (C=O) groups is 3. The lowest BCUT2D eigenvalue weighted by Crippen LogP contribution is -2.46. The van der Waals surface area contributed by atoms with Crippen molar-refractivity contribution in [2.45, 2.75) is 115 Å². The van der Waals surface area contributed by atoms with Crippen molar-refractivity contribution in [1.82, 2.24) is 44.1 Å². The molecule has 6 aromatic heterocycles. The molecule has 3 aliphatic heterocycles. The minimum atomic E-state index is -0.980. The Balaban J connectivity index is 0.000000172. The number of hydrogen-bond donors (Lipinski definition) is 3. The molecule has 0 radical (unpaired) electrons. The average molecular weight is 1200 g/mol. The van der Waals surface area contributed by atoms with Crippen molar-refractivity contribution >= 4 is 34.7 Å². The van der Waals surface area contributed by atoms with Crippen molar-refractivity contribution in [2.75, 3.05) is 34.0 Å². The second-order valence-electron chi connectivity index (χ2n) is 23.0. The number of amides is 3. The average Bonchev–Trinajstić information content (AvgIpc) is 2.63. The molecule has 460 valence electrons. The van der Waals surface area contributed by atoms with Crippen LogP contribution >= 0.6 is 0 Å². The van der Waals surface area contributed by atoms with Crippen molar-refractivity contribution in [3.63, 3.8) is 0 Å². The third-order valence-corrected chi connectivity index (χ3v) is 16.6. The first kappa shape index (κ1) is 59.8. The van der Waals surface area contributed by atoms with Crippen molar-refractivity contribution in [3.8, 4) is 17.2 Å². The maximum absolute atomic E-state index is 13.9. The molecular formula is C65H72F5N9O8. The second-order valence-corrected chi connectivity index (χ2v) is 23.0. The number of ether oxygens (including phenoxy) is 5. The van der Waals surface area contributed by atoms with Gasteiger partial charge in [0.2, 0.25) is 0 Å². The molecule has 17 nitrogen and oxygen atoms in total. The number of halogens is 5. The Labute approximate surface area is 502 Å². The van der Waals surface area contributed by atoms with Crippen molar-refractivity contribution in [2.24, 2.45) is 0 Å². The van der Waals surface area contributed by atoms with E-state index >= 15 is 0 Å². The summed E-state index contributed by atoms with van der Waals surface area (Å²) in [5.41, 5.74) is 6.67. The van der Waals surface area contributed by atoms with Gasteiger partial charge in [-0.2, -0.15) is 0 Å². The lowest BCUT2D eigenvalue weighted by Gasteiger charge is -2.36. The Kier molecular flexibility index (Phi) is 16.6. The molecule has 3 N–H and O–H groups in total. The van der Waals surface area contributed by atoms with Gasteiger partial charge in [-0.3, -0.25) is 14.4 Å². The van der Waals surface area contributed by atoms with Crippen LogP contribution in [0.2, 0.25) is 0 Å². The molecule has 87 heavy (non-hydrogen) atoms. The first-order valence-electron chi connectivity index (χ1n) is 28.8. The number of methoxy groups -OCH3 is 2. The number of nitrogens with zero attached hydrogens (tertiary/aromatic N) is 6. The van der Waals surface area contributed by atoms with Gasteiger partial charge < -0.3 is 52.8 Å². The molecule has 1 fully saturated rings. The van der Waals surface area contributed by atoms with Crippen LogP contribution in [0, 0.1) is 36.0 Å². The molecule has 0 spiro atoms. The van der Waals surface area contributed by atoms with Gasteiger partial charge in [-0.15, -0.1) is 0 Å². The zero-order valence-electron chi connectivity index (χ0n) is 49.2. The molecule has 3 aromatic carbocycles. The van der Waals surface area contributed by atoms with Crippen LogP contribution in [0.4, 0.5) is 22.0 Å². The minimum Gasteiger partial charge on any atom is -0.493 e. The molecule has 1 saturated carbocycles. The summed E-state index contributed by atoms with van der Waals surface area (Å²) in [5, 5.41) is 9.07. The fourth-order valence-corrected chi connectivity index (χ4v) is 11.6. The standard InChI is InChI=1S/C23H23F2N3O3.C23H25F2N3O3.C19H18FN3O2.3H2/c1-23(6-8-31-20-11-18(25)17(24)10-16(20)23)27-22(29)15-5-7-28-14(12-30-2)9-19(13-3-4-13)26-21(15)28;1-4-5-14-10-15(13-30-3)28-8-6-16(21(28)26-14)22(29)27-23(2)7-9-31-20-12-19(25)18(24)11-17(20)23;1-12-5-8-21-17-14(6-9-23(12)17)18(24)22-19(2)7-10-25-16-4-3-13(20)11-15(16)19;;;/h5,7,9-11,13H,3-4,6,8,12H2,1-2H3,(H,27,29);6,8,10-12H,4-5,7,9,13H2,1-3H3,(H,27,29);3-6,8-9,11H,7,10H2,1-2H3,(H,22,24);3*1H. The summed E-state index contributed by atoms with van der Waals surface area (Å²) in [6.45, 7) is 11.3. The van der Waals surface area contributed by atoms with Crippen LogP contribution in [0.3, 0.4) is 0 Å². The third-order valence-electron chi connectivity index (χ3n) is 16.6. The lowest BCUT2D eigenvalue weighted by molar-refractivity contribution is 0.0864. The zero-order valence-corrected chi connectivity index (χ0v) is 49.2. The van der Waals surface area contributed by atoms with Gasteiger partial charge in [0, 0.05) is 114 Å². The van der Waals surface area contributed by atoms with Crippen LogP contribution in [-0.4, -0.2) is 79.9 Å². The van der Waals surface area contributed by atoms with E-state index in [0.29, 0.717) is 101 Å². The molecule has 4 aliphatic rings. The molecule has 9 heterocycles. The number of rotatable bonds is 13. The van der Waals surface area contributed by atoms with E-state index in [9.17, 15) is 36.3 Å². The Morgan fingerprint density at radius 2 is 1.05 bits per heavy atom. The van der Waals surface area contributed by atoms with Crippen LogP contribution in [0.15, 0.2) is 104 Å². The molecule has 22 heteroatoms. The van der Waals surface area contributed by atoms with Crippen LogP contribution in [0.1, 0.15) is 153 Å². The summed E-state index contributed by atoms with van der Waals surface area (Å²) in [7, 11) is 3.25. The highest BCUT2D eigenvalue weighted by Gasteiger charge is 2.40. The van der Waals surface area contributed by atoms with Gasteiger partial charge >= 0.3 is 0 Å². The Morgan fingerprint density at radius 1 is 0.586 bits per heavy atom. The Morgan fingerprint density at radius 3 is 1.55 bits per heavy atom. The second kappa shape index (κ2) is 24.1. The molecule has 0 saturated heterocycles. The van der Waals surface area contributed by atoms with Crippen molar-refractivity contribution in [1.29, 1.82) is 0 Å². The maximum atomic E-state index is 13.9. The van der Waals surface area contributed by atoms with Gasteiger partial charge in [-0.1, -0.05) is 13.3 Å². The molecule has 9 aromatic rings. The van der Waals surface area contributed by atoms with Crippen LogP contribution in [0.5, 0.6) is 17.2 Å². The monoisotopic (exact) mass is 1200 g/mol. The number of hydrogen-bond acceptors (Lipinski definition) is 11. The van der Waals surface area contributed by atoms with E-state index in [0.717, 1.165) is 78.4 Å². The summed E-state index contributed by atoms with van der Waals surface area (Å²) in [4.78, 5) is 53.3. The summed E-state index contributed by atoms with van der Waals surface area (Å²) >= 11 is 0. The molecule has 3 amide bonds. The SMILES string of the molecule is CCCc1cc(COC)n2ccc(C(=O)NC3(C)CCOc4cc(F)c(F)cc43)c2n1.COCc1cc(C2CC2)nc2c(C(=O)NC3(C)CCOc4cc(F)c(F)cc43)ccn12.Cc1ccnc2c(C(=O)NC3(C)CCOc4ccc(F)cc43)ccn12.[HH].[HH].[HH]. The van der Waals surface area contributed by atoms with Crippen LogP contribution in [0.25, 0.3) is 16.9 Å². The van der Waals surface area contributed by atoms with Gasteiger partial charge in [-0.05, 0) is 114 Å². The van der Waals surface area contributed by atoms with Crippen molar-refractivity contribution in [3.05, 3.63) is 195 Å². The first-order chi connectivity index (χ1) is 41.7. The largest absolute Gasteiger partial charge is 0.493 e. The number of aromatic nitrogens is 6. The molecule has 3 unspecified atom stereocenters. The van der Waals surface area contributed by atoms with E-state index < -0.39 is 39.9 Å². The summed E-state index contributed by atoms with van der Waals surface area (Å²) in [6.07, 6.45) is 12.4. The normalized spacial score (nSPS) is 19.2. The van der Waals surface area contributed by atoms with E-state index in [2.05, 4.69) is 32.8 Å². The van der Waals surface area contributed by atoms with Gasteiger partial charge in [0.1, 0.15) is 40.0 Å². The topological polar surface area (TPSA) is 185 Å². The fourth-order valence-electron chi connectivity index (χ4n) is 11.6. The lowest BCUT2D eigenvalue weighted by atomic mass is 9.86. The van der Waals surface area contributed by atoms with Crippen LogP contribution in [-0.2, 0) is 45.7 Å². The van der Waals surface area contributed by atoms with Crippen LogP contribution < -0.4 is 30.2 Å². The van der Waals surface area contributed by atoms with Gasteiger partial charge in [0.25, 0.3) is 17.7 Å². The highest BCUT2D eigenvalue weighted by Crippen LogP contribution is 2.42. The van der Waals surface area contributed by atoms with Crippen molar-refractivity contribution < 1.29 is 64.3 Å². The minimum absolute atomic E-state index is 0. The number of benzene rings is 3. The van der Waals surface area contributed by atoms with E-state index in [1.54, 1.807) is 70.9 Å². The van der Waals surface area contributed by atoms with Gasteiger partial charge in [0.15, 0.2) is 23.3 Å². The third kappa shape index (κ3) is 11.9. The molecule has 0 bridgehead atoms. The van der Waals surface area contributed by atoms with E-state index in [-0.39, 0.29) is 52.5 Å². The van der Waals surface area contributed by atoms with E-state index in [1.165, 1.54) is 12.1 Å².